The fraction of sp³-hybridized carbons (Fsp3) is 0.588. The van der Waals surface area contributed by atoms with Crippen LogP contribution in [0.4, 0.5) is 0 Å². The van der Waals surface area contributed by atoms with Crippen molar-refractivity contribution < 1.29 is 0 Å². The molecule has 1 N–H and O–H groups in total. The number of fused-ring (bicyclic) bond motifs is 1. The molecule has 4 nitrogen and oxygen atoms in total. The van der Waals surface area contributed by atoms with Crippen LogP contribution in [-0.4, -0.2) is 40.0 Å². The van der Waals surface area contributed by atoms with Gasteiger partial charge in [-0.25, -0.2) is 4.98 Å². The fourth-order valence-electron chi connectivity index (χ4n) is 3.27. The van der Waals surface area contributed by atoms with Gasteiger partial charge in [0.25, 0.3) is 0 Å². The maximum atomic E-state index is 6.03. The highest BCUT2D eigenvalue weighted by molar-refractivity contribution is 6.30. The highest BCUT2D eigenvalue weighted by Crippen LogP contribution is 2.28. The Balaban J connectivity index is 0.00000156. The number of likely N-dealkylation sites (tertiary alicyclic amines) is 1. The van der Waals surface area contributed by atoms with Crippen molar-refractivity contribution >= 4 is 29.7 Å². The minimum absolute atomic E-state index is 0. The molecule has 1 aliphatic carbocycles. The number of halogens is 2. The van der Waals surface area contributed by atoms with E-state index in [1.807, 2.05) is 22.7 Å². The predicted octanol–water partition coefficient (Wildman–Crippen LogP) is 3.37. The van der Waals surface area contributed by atoms with Crippen molar-refractivity contribution in [2.24, 2.45) is 5.92 Å². The van der Waals surface area contributed by atoms with Crippen LogP contribution in [0.5, 0.6) is 0 Å². The van der Waals surface area contributed by atoms with Crippen LogP contribution < -0.4 is 5.32 Å². The van der Waals surface area contributed by atoms with E-state index in [2.05, 4.69) is 21.4 Å². The molecule has 1 saturated heterocycles. The van der Waals surface area contributed by atoms with Crippen LogP contribution in [0.25, 0.3) is 5.65 Å². The third-order valence-corrected chi connectivity index (χ3v) is 5.05. The predicted molar refractivity (Wildman–Crippen MR) is 96.5 cm³/mol. The minimum atomic E-state index is 0. The SMILES string of the molecule is Cl.Clc1ccc2nc(CN3CCC(NCC4CC4)CC3)cn2c1. The van der Waals surface area contributed by atoms with Gasteiger partial charge in [-0.15, -0.1) is 12.4 Å². The van der Waals surface area contributed by atoms with E-state index in [0.717, 1.165) is 48.0 Å². The normalized spacial score (nSPS) is 19.9. The first-order valence-corrected chi connectivity index (χ1v) is 8.73. The summed E-state index contributed by atoms with van der Waals surface area (Å²) < 4.78 is 2.02. The molecule has 0 amide bonds. The standard InChI is InChI=1S/C17H23ClN4.ClH/c18-14-3-4-17-20-16(12-22(17)10-14)11-21-7-5-15(6-8-21)19-9-13-1-2-13;/h3-4,10,12-13,15,19H,1-2,5-9,11H2;1H. The molecule has 2 aromatic heterocycles. The van der Waals surface area contributed by atoms with E-state index in [-0.39, 0.29) is 12.4 Å². The molecule has 1 aliphatic heterocycles. The van der Waals surface area contributed by atoms with Gasteiger partial charge < -0.3 is 9.72 Å². The van der Waals surface area contributed by atoms with E-state index in [9.17, 15) is 0 Å². The van der Waals surface area contributed by atoms with Crippen molar-refractivity contribution in [2.45, 2.75) is 38.3 Å². The number of nitrogens with zero attached hydrogens (tertiary/aromatic N) is 3. The summed E-state index contributed by atoms with van der Waals surface area (Å²) in [5.74, 6) is 0.975. The van der Waals surface area contributed by atoms with Gasteiger partial charge >= 0.3 is 0 Å². The first-order valence-electron chi connectivity index (χ1n) is 8.35. The number of rotatable bonds is 5. The van der Waals surface area contributed by atoms with Crippen molar-refractivity contribution in [2.75, 3.05) is 19.6 Å². The van der Waals surface area contributed by atoms with E-state index >= 15 is 0 Å². The molecule has 0 unspecified atom stereocenters. The summed E-state index contributed by atoms with van der Waals surface area (Å²) in [6.45, 7) is 4.50. The van der Waals surface area contributed by atoms with Crippen molar-refractivity contribution in [3.63, 3.8) is 0 Å². The number of nitrogens with one attached hydrogen (secondary N) is 1. The Hall–Kier alpha value is -0.810. The van der Waals surface area contributed by atoms with E-state index in [1.165, 1.54) is 32.2 Å². The Morgan fingerprint density at radius 2 is 1.91 bits per heavy atom. The van der Waals surface area contributed by atoms with Gasteiger partial charge in [0.1, 0.15) is 5.65 Å². The molecule has 0 aromatic carbocycles. The van der Waals surface area contributed by atoms with Gasteiger partial charge in [-0.2, -0.15) is 0 Å². The molecule has 0 radical (unpaired) electrons. The molecule has 2 aliphatic rings. The molecule has 2 aromatic rings. The third kappa shape index (κ3) is 4.38. The summed E-state index contributed by atoms with van der Waals surface area (Å²) in [6.07, 6.45) is 9.39. The lowest BCUT2D eigenvalue weighted by molar-refractivity contribution is 0.188. The highest BCUT2D eigenvalue weighted by atomic mass is 35.5. The average Bonchev–Trinajstić information content (AvgIpc) is 3.26. The molecule has 3 heterocycles. The summed E-state index contributed by atoms with van der Waals surface area (Å²) in [4.78, 5) is 7.19. The number of hydrogen-bond donors (Lipinski definition) is 1. The Labute approximate surface area is 148 Å². The van der Waals surface area contributed by atoms with Crippen molar-refractivity contribution in [3.8, 4) is 0 Å². The van der Waals surface area contributed by atoms with Crippen LogP contribution >= 0.6 is 24.0 Å². The zero-order valence-corrected chi connectivity index (χ0v) is 14.8. The largest absolute Gasteiger partial charge is 0.314 e. The van der Waals surface area contributed by atoms with Crippen LogP contribution in [0.15, 0.2) is 24.5 Å². The molecular formula is C17H24Cl2N4. The first kappa shape index (κ1) is 17.0. The van der Waals surface area contributed by atoms with E-state index in [4.69, 9.17) is 11.6 Å². The quantitative estimate of drug-likeness (QED) is 0.893. The second kappa shape index (κ2) is 7.39. The molecule has 0 bridgehead atoms. The van der Waals surface area contributed by atoms with Gasteiger partial charge in [-0.3, -0.25) is 4.90 Å². The highest BCUT2D eigenvalue weighted by Gasteiger charge is 2.24. The Kier molecular flexibility index (Phi) is 5.47. The van der Waals surface area contributed by atoms with Gasteiger partial charge in [0.15, 0.2) is 0 Å². The number of pyridine rings is 1. The van der Waals surface area contributed by atoms with Gasteiger partial charge in [0.2, 0.25) is 0 Å². The van der Waals surface area contributed by atoms with Crippen LogP contribution in [-0.2, 0) is 6.54 Å². The van der Waals surface area contributed by atoms with Crippen LogP contribution in [0.2, 0.25) is 5.02 Å². The summed E-state index contributed by atoms with van der Waals surface area (Å²) in [7, 11) is 0. The van der Waals surface area contributed by atoms with E-state index in [1.54, 1.807) is 0 Å². The van der Waals surface area contributed by atoms with Crippen molar-refractivity contribution in [3.05, 3.63) is 35.2 Å². The fourth-order valence-corrected chi connectivity index (χ4v) is 3.44. The zero-order chi connectivity index (χ0) is 14.9. The lowest BCUT2D eigenvalue weighted by atomic mass is 10.0. The lowest BCUT2D eigenvalue weighted by Gasteiger charge is -2.32. The van der Waals surface area contributed by atoms with Crippen molar-refractivity contribution in [1.29, 1.82) is 0 Å². The third-order valence-electron chi connectivity index (χ3n) is 4.83. The molecule has 6 heteroatoms. The van der Waals surface area contributed by atoms with Crippen LogP contribution in [0.1, 0.15) is 31.4 Å². The lowest BCUT2D eigenvalue weighted by Crippen LogP contribution is -2.42. The number of piperidine rings is 1. The second-order valence-electron chi connectivity index (χ2n) is 6.75. The molecule has 4 rings (SSSR count). The zero-order valence-electron chi connectivity index (χ0n) is 13.2. The molecule has 1 saturated carbocycles. The Morgan fingerprint density at radius 1 is 1.13 bits per heavy atom. The summed E-state index contributed by atoms with van der Waals surface area (Å²) in [6, 6.07) is 4.58. The van der Waals surface area contributed by atoms with Gasteiger partial charge in [-0.05, 0) is 50.3 Å². The Morgan fingerprint density at radius 3 is 2.65 bits per heavy atom. The van der Waals surface area contributed by atoms with E-state index < -0.39 is 0 Å². The minimum Gasteiger partial charge on any atom is -0.314 e. The van der Waals surface area contributed by atoms with Gasteiger partial charge in [-0.1, -0.05) is 11.6 Å². The van der Waals surface area contributed by atoms with Crippen molar-refractivity contribution in [1.82, 2.24) is 19.6 Å². The van der Waals surface area contributed by atoms with E-state index in [0.29, 0.717) is 0 Å². The monoisotopic (exact) mass is 354 g/mol. The maximum absolute atomic E-state index is 6.03. The average molecular weight is 355 g/mol. The number of aromatic nitrogens is 2. The smallest absolute Gasteiger partial charge is 0.137 e. The summed E-state index contributed by atoms with van der Waals surface area (Å²) >= 11 is 6.03. The molecule has 2 fully saturated rings. The number of imidazole rings is 1. The van der Waals surface area contributed by atoms with Gasteiger partial charge in [0, 0.05) is 38.1 Å². The molecular weight excluding hydrogens is 331 g/mol. The van der Waals surface area contributed by atoms with Crippen LogP contribution in [0.3, 0.4) is 0 Å². The van der Waals surface area contributed by atoms with Crippen LogP contribution in [0, 0.1) is 5.92 Å². The maximum Gasteiger partial charge on any atom is 0.137 e. The number of hydrogen-bond acceptors (Lipinski definition) is 3. The van der Waals surface area contributed by atoms with Gasteiger partial charge in [0.05, 0.1) is 10.7 Å². The topological polar surface area (TPSA) is 32.6 Å². The summed E-state index contributed by atoms with van der Waals surface area (Å²) in [5, 5.41) is 4.48. The Bertz CT molecular complexity index is 645. The summed E-state index contributed by atoms with van der Waals surface area (Å²) in [5.41, 5.74) is 2.10. The molecule has 23 heavy (non-hydrogen) atoms. The second-order valence-corrected chi connectivity index (χ2v) is 7.18. The molecule has 0 spiro atoms. The first-order chi connectivity index (χ1) is 10.8. The molecule has 0 atom stereocenters. The molecule has 126 valence electrons.